The third-order valence-electron chi connectivity index (χ3n) is 3.68. The van der Waals surface area contributed by atoms with Crippen molar-refractivity contribution in [2.45, 2.75) is 57.1 Å². The molecule has 0 aromatic carbocycles. The molecule has 1 saturated carbocycles. The number of carbonyl (C=O) groups excluding carboxylic acids is 1. The van der Waals surface area contributed by atoms with Crippen molar-refractivity contribution in [3.8, 4) is 0 Å². The maximum Gasteiger partial charge on any atom is 0.223 e. The quantitative estimate of drug-likeness (QED) is 0.714. The van der Waals surface area contributed by atoms with Gasteiger partial charge in [-0.1, -0.05) is 26.2 Å². The first-order chi connectivity index (χ1) is 8.47. The Kier molecular flexibility index (Phi) is 6.12. The summed E-state index contributed by atoms with van der Waals surface area (Å²) in [5, 5.41) is -0.189. The number of nitrogens with zero attached hydrogens (tertiary/aromatic N) is 1. The maximum absolute atomic E-state index is 12.0. The molecule has 0 heterocycles. The lowest BCUT2D eigenvalue weighted by Crippen LogP contribution is -2.31. The number of sulfone groups is 1. The molecular formula is C13H25NO3S. The fraction of sp³-hybridized carbons (Fsp3) is 0.923. The van der Waals surface area contributed by atoms with Gasteiger partial charge in [0.2, 0.25) is 5.91 Å². The van der Waals surface area contributed by atoms with Gasteiger partial charge in [0.05, 0.1) is 11.0 Å². The number of rotatable bonds is 7. The topological polar surface area (TPSA) is 54.5 Å². The normalized spacial score (nSPS) is 17.0. The second-order valence-electron chi connectivity index (χ2n) is 5.19. The Morgan fingerprint density at radius 2 is 1.89 bits per heavy atom. The van der Waals surface area contributed by atoms with Gasteiger partial charge < -0.3 is 4.90 Å². The van der Waals surface area contributed by atoms with Crippen LogP contribution in [0.15, 0.2) is 0 Å². The standard InChI is InChI=1S/C13H25NO3S/c1-3-4-10-14(2)13(15)9-11-18(16,17)12-7-5-6-8-12/h12H,3-11H2,1-2H3. The second-order valence-corrected chi connectivity index (χ2v) is 7.59. The van der Waals surface area contributed by atoms with Crippen molar-refractivity contribution >= 4 is 15.7 Å². The molecule has 5 heteroatoms. The van der Waals surface area contributed by atoms with E-state index in [1.807, 2.05) is 0 Å². The van der Waals surface area contributed by atoms with Crippen LogP contribution in [-0.2, 0) is 14.6 Å². The van der Waals surface area contributed by atoms with E-state index >= 15 is 0 Å². The van der Waals surface area contributed by atoms with Crippen LogP contribution in [0.1, 0.15) is 51.9 Å². The van der Waals surface area contributed by atoms with Crippen LogP contribution in [0.25, 0.3) is 0 Å². The summed E-state index contributed by atoms with van der Waals surface area (Å²) in [7, 11) is -1.31. The summed E-state index contributed by atoms with van der Waals surface area (Å²) < 4.78 is 24.0. The Hall–Kier alpha value is -0.580. The van der Waals surface area contributed by atoms with E-state index in [2.05, 4.69) is 6.92 Å². The summed E-state index contributed by atoms with van der Waals surface area (Å²) in [6.45, 7) is 2.79. The molecular weight excluding hydrogens is 250 g/mol. The lowest BCUT2D eigenvalue weighted by molar-refractivity contribution is -0.129. The van der Waals surface area contributed by atoms with Crippen LogP contribution >= 0.6 is 0 Å². The summed E-state index contributed by atoms with van der Waals surface area (Å²) in [5.41, 5.74) is 0. The summed E-state index contributed by atoms with van der Waals surface area (Å²) in [6.07, 6.45) is 5.72. The molecule has 0 aromatic heterocycles. The lowest BCUT2D eigenvalue weighted by Gasteiger charge is -2.17. The molecule has 1 amide bonds. The minimum absolute atomic E-state index is 0.0208. The molecule has 0 saturated heterocycles. The van der Waals surface area contributed by atoms with Crippen LogP contribution in [-0.4, -0.2) is 43.8 Å². The van der Waals surface area contributed by atoms with Gasteiger partial charge in [-0.15, -0.1) is 0 Å². The van der Waals surface area contributed by atoms with Crippen molar-refractivity contribution in [1.29, 1.82) is 0 Å². The molecule has 1 rings (SSSR count). The molecule has 0 radical (unpaired) electrons. The fourth-order valence-corrected chi connectivity index (χ4v) is 4.20. The predicted molar refractivity (Wildman–Crippen MR) is 73.2 cm³/mol. The van der Waals surface area contributed by atoms with Gasteiger partial charge in [0, 0.05) is 20.0 Å². The van der Waals surface area contributed by atoms with Gasteiger partial charge in [0.15, 0.2) is 9.84 Å². The summed E-state index contributed by atoms with van der Waals surface area (Å²) >= 11 is 0. The van der Waals surface area contributed by atoms with Gasteiger partial charge in [-0.2, -0.15) is 0 Å². The van der Waals surface area contributed by atoms with Crippen LogP contribution in [0.2, 0.25) is 0 Å². The lowest BCUT2D eigenvalue weighted by atomic mass is 10.3. The second kappa shape index (κ2) is 7.12. The smallest absolute Gasteiger partial charge is 0.223 e. The number of unbranched alkanes of at least 4 members (excludes halogenated alkanes) is 1. The van der Waals surface area contributed by atoms with Gasteiger partial charge in [-0.3, -0.25) is 4.79 Å². The van der Waals surface area contributed by atoms with Crippen molar-refractivity contribution in [2.75, 3.05) is 19.3 Å². The molecule has 1 aliphatic rings. The molecule has 1 fully saturated rings. The van der Waals surface area contributed by atoms with Crippen molar-refractivity contribution in [1.82, 2.24) is 4.90 Å². The van der Waals surface area contributed by atoms with Crippen LogP contribution in [0.3, 0.4) is 0 Å². The number of amides is 1. The summed E-state index contributed by atoms with van der Waals surface area (Å²) in [6, 6.07) is 0. The molecule has 0 spiro atoms. The number of hydrogen-bond acceptors (Lipinski definition) is 3. The number of hydrogen-bond donors (Lipinski definition) is 0. The maximum atomic E-state index is 12.0. The van der Waals surface area contributed by atoms with Gasteiger partial charge in [-0.25, -0.2) is 8.42 Å². The van der Waals surface area contributed by atoms with Crippen LogP contribution in [0.5, 0.6) is 0 Å². The van der Waals surface area contributed by atoms with E-state index in [1.165, 1.54) is 0 Å². The van der Waals surface area contributed by atoms with E-state index in [9.17, 15) is 13.2 Å². The molecule has 106 valence electrons. The first-order valence-electron chi connectivity index (χ1n) is 6.93. The zero-order valence-electron chi connectivity index (χ0n) is 11.5. The predicted octanol–water partition coefficient (Wildman–Crippen LogP) is 1.99. The van der Waals surface area contributed by atoms with Crippen LogP contribution < -0.4 is 0 Å². The molecule has 0 aromatic rings. The van der Waals surface area contributed by atoms with Crippen LogP contribution in [0, 0.1) is 0 Å². The third-order valence-corrected chi connectivity index (χ3v) is 5.94. The van der Waals surface area contributed by atoms with Gasteiger partial charge >= 0.3 is 0 Å². The molecule has 0 atom stereocenters. The van der Waals surface area contributed by atoms with Crippen molar-refractivity contribution < 1.29 is 13.2 Å². The average Bonchev–Trinajstić information content (AvgIpc) is 2.87. The highest BCUT2D eigenvalue weighted by atomic mass is 32.2. The highest BCUT2D eigenvalue weighted by Gasteiger charge is 2.29. The molecule has 4 nitrogen and oxygen atoms in total. The van der Waals surface area contributed by atoms with Crippen molar-refractivity contribution in [2.24, 2.45) is 0 Å². The van der Waals surface area contributed by atoms with E-state index in [4.69, 9.17) is 0 Å². The molecule has 1 aliphatic carbocycles. The Morgan fingerprint density at radius 3 is 2.44 bits per heavy atom. The monoisotopic (exact) mass is 275 g/mol. The zero-order valence-corrected chi connectivity index (χ0v) is 12.3. The summed E-state index contributed by atoms with van der Waals surface area (Å²) in [5.74, 6) is -0.0301. The van der Waals surface area contributed by atoms with Crippen molar-refractivity contribution in [3.63, 3.8) is 0 Å². The molecule has 0 unspecified atom stereocenters. The Labute approximate surface area is 111 Å². The van der Waals surface area contributed by atoms with E-state index in [1.54, 1.807) is 11.9 Å². The van der Waals surface area contributed by atoms with E-state index in [0.717, 1.165) is 45.1 Å². The molecule has 0 N–H and O–H groups in total. The Balaban J connectivity index is 2.37. The SMILES string of the molecule is CCCCN(C)C(=O)CCS(=O)(=O)C1CCCC1. The molecule has 0 aliphatic heterocycles. The third kappa shape index (κ3) is 4.59. The average molecular weight is 275 g/mol. The molecule has 18 heavy (non-hydrogen) atoms. The fourth-order valence-electron chi connectivity index (χ4n) is 2.35. The highest BCUT2D eigenvalue weighted by Crippen LogP contribution is 2.25. The van der Waals surface area contributed by atoms with E-state index in [0.29, 0.717) is 0 Å². The molecule has 0 bridgehead atoms. The van der Waals surface area contributed by atoms with Gasteiger partial charge in [-0.05, 0) is 19.3 Å². The van der Waals surface area contributed by atoms with Crippen molar-refractivity contribution in [3.05, 3.63) is 0 Å². The van der Waals surface area contributed by atoms with Gasteiger partial charge in [0.1, 0.15) is 0 Å². The highest BCUT2D eigenvalue weighted by molar-refractivity contribution is 7.92. The minimum Gasteiger partial charge on any atom is -0.346 e. The zero-order chi connectivity index (χ0) is 13.6. The Morgan fingerprint density at radius 1 is 1.28 bits per heavy atom. The first kappa shape index (κ1) is 15.5. The Bertz CT molecular complexity index is 358. The first-order valence-corrected chi connectivity index (χ1v) is 8.64. The summed E-state index contributed by atoms with van der Waals surface area (Å²) in [4.78, 5) is 13.4. The van der Waals surface area contributed by atoms with Crippen LogP contribution in [0.4, 0.5) is 0 Å². The van der Waals surface area contributed by atoms with E-state index in [-0.39, 0.29) is 23.3 Å². The van der Waals surface area contributed by atoms with Gasteiger partial charge in [0.25, 0.3) is 0 Å². The largest absolute Gasteiger partial charge is 0.346 e. The number of carbonyl (C=O) groups is 1. The van der Waals surface area contributed by atoms with E-state index < -0.39 is 9.84 Å². The minimum atomic E-state index is -3.06.